The number of hydrogen-bond donors (Lipinski definition) is 1. The molecule has 0 bridgehead atoms. The molecule has 0 radical (unpaired) electrons. The van der Waals surface area contributed by atoms with Crippen LogP contribution >= 0.6 is 0 Å². The number of rotatable bonds is 6. The molecule has 1 atom stereocenters. The monoisotopic (exact) mass is 267 g/mol. The molecule has 20 heavy (non-hydrogen) atoms. The lowest BCUT2D eigenvalue weighted by atomic mass is 10.00. The van der Waals surface area contributed by atoms with Gasteiger partial charge in [-0.2, -0.15) is 0 Å². The molecule has 0 aromatic heterocycles. The second kappa shape index (κ2) is 6.10. The Morgan fingerprint density at radius 1 is 1.00 bits per heavy atom. The Morgan fingerprint density at radius 2 is 1.70 bits per heavy atom. The highest BCUT2D eigenvalue weighted by atomic mass is 16.5. The molecule has 1 saturated carbocycles. The van der Waals surface area contributed by atoms with Crippen LogP contribution in [0.3, 0.4) is 0 Å². The molecule has 1 aliphatic carbocycles. The maximum Gasteiger partial charge on any atom is 0.119 e. The largest absolute Gasteiger partial charge is 0.490 e. The first-order valence-electron chi connectivity index (χ1n) is 7.37. The first-order chi connectivity index (χ1) is 9.81. The van der Waals surface area contributed by atoms with Crippen molar-refractivity contribution in [1.29, 1.82) is 0 Å². The van der Waals surface area contributed by atoms with Crippen molar-refractivity contribution in [3.63, 3.8) is 0 Å². The van der Waals surface area contributed by atoms with Crippen LogP contribution in [0.25, 0.3) is 0 Å². The Balaban J connectivity index is 1.54. The van der Waals surface area contributed by atoms with Gasteiger partial charge in [0.25, 0.3) is 0 Å². The van der Waals surface area contributed by atoms with Crippen molar-refractivity contribution in [2.24, 2.45) is 5.73 Å². The molecule has 104 valence electrons. The fourth-order valence-corrected chi connectivity index (χ4v) is 2.31. The highest BCUT2D eigenvalue weighted by Crippen LogP contribution is 2.27. The van der Waals surface area contributed by atoms with Gasteiger partial charge in [0.2, 0.25) is 0 Å². The van der Waals surface area contributed by atoms with Gasteiger partial charge in [0, 0.05) is 6.04 Å². The van der Waals surface area contributed by atoms with E-state index >= 15 is 0 Å². The summed E-state index contributed by atoms with van der Waals surface area (Å²) >= 11 is 0. The maximum atomic E-state index is 6.27. The predicted octanol–water partition coefficient (Wildman–Crippen LogP) is 3.86. The molecule has 2 aromatic carbocycles. The molecular weight excluding hydrogens is 246 g/mol. The third-order valence-corrected chi connectivity index (χ3v) is 3.72. The molecule has 3 rings (SSSR count). The van der Waals surface area contributed by atoms with E-state index in [1.807, 2.05) is 18.2 Å². The molecule has 1 unspecified atom stereocenters. The van der Waals surface area contributed by atoms with E-state index in [0.717, 1.165) is 18.6 Å². The van der Waals surface area contributed by atoms with E-state index in [1.54, 1.807) is 0 Å². The number of aryl methyl sites for hydroxylation is 1. The van der Waals surface area contributed by atoms with Crippen molar-refractivity contribution < 1.29 is 4.74 Å². The van der Waals surface area contributed by atoms with Crippen molar-refractivity contribution in [3.8, 4) is 5.75 Å². The lowest BCUT2D eigenvalue weighted by Gasteiger charge is -2.13. The second-order valence-corrected chi connectivity index (χ2v) is 5.52. The number of hydrogen-bond acceptors (Lipinski definition) is 2. The van der Waals surface area contributed by atoms with Gasteiger partial charge in [-0.05, 0) is 48.9 Å². The van der Waals surface area contributed by atoms with Crippen LogP contribution in [-0.2, 0) is 6.42 Å². The summed E-state index contributed by atoms with van der Waals surface area (Å²) in [4.78, 5) is 0. The van der Waals surface area contributed by atoms with Crippen LogP contribution in [0.2, 0.25) is 0 Å². The summed E-state index contributed by atoms with van der Waals surface area (Å²) in [5.74, 6) is 0.964. The smallest absolute Gasteiger partial charge is 0.119 e. The molecule has 0 spiro atoms. The molecule has 1 fully saturated rings. The van der Waals surface area contributed by atoms with Gasteiger partial charge in [-0.3, -0.25) is 0 Å². The van der Waals surface area contributed by atoms with E-state index in [-0.39, 0.29) is 6.04 Å². The third-order valence-electron chi connectivity index (χ3n) is 3.72. The third kappa shape index (κ3) is 3.61. The SMILES string of the molecule is NC(CCc1ccccc1)c1ccc(OC2CC2)cc1. The topological polar surface area (TPSA) is 35.2 Å². The first-order valence-corrected chi connectivity index (χ1v) is 7.37. The number of benzene rings is 2. The molecule has 0 aliphatic heterocycles. The van der Waals surface area contributed by atoms with Gasteiger partial charge in [0.1, 0.15) is 5.75 Å². The average molecular weight is 267 g/mol. The Hall–Kier alpha value is -1.80. The van der Waals surface area contributed by atoms with Gasteiger partial charge < -0.3 is 10.5 Å². The molecule has 2 heteroatoms. The predicted molar refractivity (Wildman–Crippen MR) is 81.8 cm³/mol. The number of ether oxygens (including phenoxy) is 1. The summed E-state index contributed by atoms with van der Waals surface area (Å²) in [7, 11) is 0. The minimum Gasteiger partial charge on any atom is -0.490 e. The lowest BCUT2D eigenvalue weighted by Crippen LogP contribution is -2.11. The molecule has 2 nitrogen and oxygen atoms in total. The van der Waals surface area contributed by atoms with Gasteiger partial charge in [-0.15, -0.1) is 0 Å². The highest BCUT2D eigenvalue weighted by Gasteiger charge is 2.23. The van der Waals surface area contributed by atoms with Crippen LogP contribution in [0.4, 0.5) is 0 Å². The van der Waals surface area contributed by atoms with Crippen molar-refractivity contribution in [3.05, 3.63) is 65.7 Å². The van der Waals surface area contributed by atoms with E-state index in [1.165, 1.54) is 24.0 Å². The lowest BCUT2D eigenvalue weighted by molar-refractivity contribution is 0.303. The van der Waals surface area contributed by atoms with Crippen LogP contribution in [0.15, 0.2) is 54.6 Å². The molecule has 0 amide bonds. The summed E-state index contributed by atoms with van der Waals surface area (Å²) in [6, 6.07) is 18.8. The standard InChI is InChI=1S/C18H21NO/c19-18(13-6-14-4-2-1-3-5-14)15-7-9-16(10-8-15)20-17-11-12-17/h1-5,7-10,17-18H,6,11-13,19H2. The van der Waals surface area contributed by atoms with E-state index in [9.17, 15) is 0 Å². The van der Waals surface area contributed by atoms with Gasteiger partial charge in [-0.1, -0.05) is 42.5 Å². The minimum absolute atomic E-state index is 0.0881. The summed E-state index contributed by atoms with van der Waals surface area (Å²) in [5, 5.41) is 0. The van der Waals surface area contributed by atoms with Crippen molar-refractivity contribution in [2.45, 2.75) is 37.8 Å². The number of nitrogens with two attached hydrogens (primary N) is 1. The van der Waals surface area contributed by atoms with Crippen molar-refractivity contribution in [1.82, 2.24) is 0 Å². The van der Waals surface area contributed by atoms with E-state index in [0.29, 0.717) is 6.10 Å². The second-order valence-electron chi connectivity index (χ2n) is 5.52. The van der Waals surface area contributed by atoms with E-state index in [2.05, 4.69) is 36.4 Å². The van der Waals surface area contributed by atoms with Crippen molar-refractivity contribution in [2.75, 3.05) is 0 Å². The van der Waals surface area contributed by atoms with Crippen molar-refractivity contribution >= 4 is 0 Å². The van der Waals surface area contributed by atoms with Crippen LogP contribution < -0.4 is 10.5 Å². The minimum atomic E-state index is 0.0881. The Bertz CT molecular complexity index is 531. The highest BCUT2D eigenvalue weighted by molar-refractivity contribution is 5.29. The molecule has 2 N–H and O–H groups in total. The fourth-order valence-electron chi connectivity index (χ4n) is 2.31. The average Bonchev–Trinajstić information content (AvgIpc) is 3.31. The fraction of sp³-hybridized carbons (Fsp3) is 0.333. The van der Waals surface area contributed by atoms with Gasteiger partial charge in [-0.25, -0.2) is 0 Å². The molecule has 0 saturated heterocycles. The van der Waals surface area contributed by atoms with Gasteiger partial charge >= 0.3 is 0 Å². The van der Waals surface area contributed by atoms with Gasteiger partial charge in [0.05, 0.1) is 6.10 Å². The van der Waals surface area contributed by atoms with E-state index < -0.39 is 0 Å². The summed E-state index contributed by atoms with van der Waals surface area (Å²) in [5.41, 5.74) is 8.79. The molecule has 1 aliphatic rings. The first kappa shape index (κ1) is 13.2. The van der Waals surface area contributed by atoms with Gasteiger partial charge in [0.15, 0.2) is 0 Å². The van der Waals surface area contributed by atoms with Crippen LogP contribution in [0.1, 0.15) is 36.4 Å². The van der Waals surface area contributed by atoms with Crippen LogP contribution in [0.5, 0.6) is 5.75 Å². The van der Waals surface area contributed by atoms with Crippen LogP contribution in [0, 0.1) is 0 Å². The molecule has 0 heterocycles. The molecule has 2 aromatic rings. The summed E-state index contributed by atoms with van der Waals surface area (Å²) in [6.45, 7) is 0. The zero-order chi connectivity index (χ0) is 13.8. The Kier molecular flexibility index (Phi) is 4.03. The Morgan fingerprint density at radius 3 is 2.35 bits per heavy atom. The normalized spacial score (nSPS) is 15.8. The van der Waals surface area contributed by atoms with E-state index in [4.69, 9.17) is 10.5 Å². The zero-order valence-electron chi connectivity index (χ0n) is 11.7. The summed E-state index contributed by atoms with van der Waals surface area (Å²) in [6.07, 6.45) is 4.82. The Labute approximate surface area is 120 Å². The molecular formula is C18H21NO. The zero-order valence-corrected chi connectivity index (χ0v) is 11.7. The quantitative estimate of drug-likeness (QED) is 0.862. The van der Waals surface area contributed by atoms with Crippen LogP contribution in [-0.4, -0.2) is 6.10 Å². The maximum absolute atomic E-state index is 6.27. The summed E-state index contributed by atoms with van der Waals surface area (Å²) < 4.78 is 5.75.